The number of anilines is 2. The number of amides is 1. The van der Waals surface area contributed by atoms with E-state index in [0.29, 0.717) is 17.2 Å². The summed E-state index contributed by atoms with van der Waals surface area (Å²) in [7, 11) is -3.46. The standard InChI is InChI=1S/C24H24FN7O4S/c1-16(27-11-10-26-2)32(15-20-5-4-18(12-21(20)25)24(33)30-34)23-13-17(8-9-28-23)19-6-7-22(29-14-19)31-37(3,35)36/h4-14,34H,2,15H2,1,3H3,(H,29,31)(H,30,33)/b11-10-,27-16?. The van der Waals surface area contributed by atoms with Gasteiger partial charge in [-0.1, -0.05) is 6.07 Å². The molecule has 37 heavy (non-hydrogen) atoms. The van der Waals surface area contributed by atoms with Gasteiger partial charge in [-0.25, -0.2) is 33.2 Å². The lowest BCUT2D eigenvalue weighted by molar-refractivity contribution is 0.0706. The Hall–Kier alpha value is -4.49. The Morgan fingerprint density at radius 3 is 2.57 bits per heavy atom. The second-order valence-electron chi connectivity index (χ2n) is 7.70. The number of amidine groups is 1. The van der Waals surface area contributed by atoms with Crippen molar-refractivity contribution in [3.63, 3.8) is 0 Å². The molecule has 3 aromatic rings. The second kappa shape index (κ2) is 12.0. The van der Waals surface area contributed by atoms with Crippen LogP contribution in [0.5, 0.6) is 0 Å². The number of halogens is 1. The number of hydrogen-bond acceptors (Lipinski definition) is 8. The first-order valence-corrected chi connectivity index (χ1v) is 12.6. The molecule has 3 rings (SSSR count). The Kier molecular flexibility index (Phi) is 8.77. The smallest absolute Gasteiger partial charge is 0.274 e. The molecule has 0 aliphatic heterocycles. The number of carbonyl (C=O) groups excluding carboxylic acids is 1. The van der Waals surface area contributed by atoms with Gasteiger partial charge in [0.25, 0.3) is 5.91 Å². The largest absolute Gasteiger partial charge is 0.310 e. The Morgan fingerprint density at radius 1 is 1.16 bits per heavy atom. The van der Waals surface area contributed by atoms with Crippen molar-refractivity contribution < 1.29 is 22.8 Å². The zero-order valence-electron chi connectivity index (χ0n) is 20.0. The molecule has 13 heteroatoms. The molecular formula is C24H24FN7O4S. The number of pyridine rings is 2. The van der Waals surface area contributed by atoms with Crippen LogP contribution < -0.4 is 15.1 Å². The highest BCUT2D eigenvalue weighted by Crippen LogP contribution is 2.25. The number of carbonyl (C=O) groups is 1. The Morgan fingerprint density at radius 2 is 1.95 bits per heavy atom. The fourth-order valence-corrected chi connectivity index (χ4v) is 3.73. The third-order valence-electron chi connectivity index (χ3n) is 4.98. The van der Waals surface area contributed by atoms with Gasteiger partial charge in [-0.3, -0.25) is 19.7 Å². The van der Waals surface area contributed by atoms with Gasteiger partial charge in [-0.2, -0.15) is 0 Å². The first-order chi connectivity index (χ1) is 17.6. The highest BCUT2D eigenvalue weighted by molar-refractivity contribution is 7.92. The van der Waals surface area contributed by atoms with Crippen LogP contribution in [-0.4, -0.2) is 48.3 Å². The highest BCUT2D eigenvalue weighted by atomic mass is 32.2. The van der Waals surface area contributed by atoms with Gasteiger partial charge < -0.3 is 4.90 Å². The van der Waals surface area contributed by atoms with Crippen LogP contribution in [0.3, 0.4) is 0 Å². The maximum atomic E-state index is 14.8. The SMILES string of the molecule is C=N/C=C\N=C(C)N(Cc1ccc(C(=O)NO)cc1F)c1cc(-c2ccc(NS(C)(=O)=O)nc2)ccn1. The third-order valence-corrected chi connectivity index (χ3v) is 5.56. The van der Waals surface area contributed by atoms with Gasteiger partial charge in [-0.05, 0) is 55.6 Å². The number of aromatic nitrogens is 2. The fourth-order valence-electron chi connectivity index (χ4n) is 3.23. The van der Waals surface area contributed by atoms with Gasteiger partial charge in [0, 0.05) is 41.5 Å². The van der Waals surface area contributed by atoms with Crippen LogP contribution in [-0.2, 0) is 16.6 Å². The van der Waals surface area contributed by atoms with Crippen LogP contribution in [0.15, 0.2) is 77.2 Å². The number of nitrogens with zero attached hydrogens (tertiary/aromatic N) is 5. The van der Waals surface area contributed by atoms with Crippen LogP contribution in [0.2, 0.25) is 0 Å². The van der Waals surface area contributed by atoms with Crippen molar-refractivity contribution in [1.29, 1.82) is 0 Å². The lowest BCUT2D eigenvalue weighted by Gasteiger charge is -2.24. The van der Waals surface area contributed by atoms with E-state index in [1.54, 1.807) is 36.2 Å². The molecule has 192 valence electrons. The summed E-state index contributed by atoms with van der Waals surface area (Å²) in [6, 6.07) is 10.6. The summed E-state index contributed by atoms with van der Waals surface area (Å²) in [5.74, 6) is -0.401. The average Bonchev–Trinajstić information content (AvgIpc) is 2.87. The molecule has 1 aromatic carbocycles. The predicted molar refractivity (Wildman–Crippen MR) is 140 cm³/mol. The second-order valence-corrected chi connectivity index (χ2v) is 9.45. The number of rotatable bonds is 9. The summed E-state index contributed by atoms with van der Waals surface area (Å²) in [6.45, 7) is 5.09. The van der Waals surface area contributed by atoms with Gasteiger partial charge in [0.1, 0.15) is 23.3 Å². The molecule has 0 unspecified atom stereocenters. The van der Waals surface area contributed by atoms with E-state index in [1.807, 2.05) is 0 Å². The fraction of sp³-hybridized carbons (Fsp3) is 0.125. The molecule has 0 aliphatic rings. The monoisotopic (exact) mass is 525 g/mol. The van der Waals surface area contributed by atoms with E-state index < -0.39 is 21.7 Å². The summed E-state index contributed by atoms with van der Waals surface area (Å²) in [5.41, 5.74) is 3.10. The first kappa shape index (κ1) is 27.1. The maximum absolute atomic E-state index is 14.8. The van der Waals surface area contributed by atoms with Crippen LogP contribution in [0.25, 0.3) is 11.1 Å². The number of sulfonamides is 1. The van der Waals surface area contributed by atoms with Crippen LogP contribution in [0.4, 0.5) is 16.0 Å². The molecule has 0 spiro atoms. The van der Waals surface area contributed by atoms with E-state index in [2.05, 4.69) is 31.4 Å². The summed E-state index contributed by atoms with van der Waals surface area (Å²) >= 11 is 0. The van der Waals surface area contributed by atoms with Gasteiger partial charge in [0.2, 0.25) is 10.0 Å². The number of hydroxylamine groups is 1. The number of aliphatic imine (C=N–C) groups is 2. The number of hydrogen-bond donors (Lipinski definition) is 3. The minimum absolute atomic E-state index is 0.0173. The maximum Gasteiger partial charge on any atom is 0.274 e. The molecule has 11 nitrogen and oxygen atoms in total. The Balaban J connectivity index is 1.98. The van der Waals surface area contributed by atoms with Crippen molar-refractivity contribution >= 4 is 40.1 Å². The van der Waals surface area contributed by atoms with Gasteiger partial charge in [0.15, 0.2) is 0 Å². The predicted octanol–water partition coefficient (Wildman–Crippen LogP) is 3.37. The third kappa shape index (κ3) is 7.49. The van der Waals surface area contributed by atoms with E-state index in [4.69, 9.17) is 5.21 Å². The summed E-state index contributed by atoms with van der Waals surface area (Å²) < 4.78 is 40.0. The van der Waals surface area contributed by atoms with Gasteiger partial charge in [0.05, 0.1) is 12.8 Å². The average molecular weight is 526 g/mol. The van der Waals surface area contributed by atoms with Crippen LogP contribution in [0, 0.1) is 5.82 Å². The topological polar surface area (TPSA) is 149 Å². The molecular weight excluding hydrogens is 501 g/mol. The number of nitrogens with one attached hydrogen (secondary N) is 2. The quantitative estimate of drug-likeness (QED) is 0.168. The van der Waals surface area contributed by atoms with E-state index in [-0.39, 0.29) is 23.5 Å². The Labute approximate surface area is 213 Å². The van der Waals surface area contributed by atoms with E-state index in [9.17, 15) is 17.6 Å². The van der Waals surface area contributed by atoms with Crippen molar-refractivity contribution in [2.75, 3.05) is 15.9 Å². The van der Waals surface area contributed by atoms with Crippen LogP contribution >= 0.6 is 0 Å². The lowest BCUT2D eigenvalue weighted by atomic mass is 10.1. The summed E-state index contributed by atoms with van der Waals surface area (Å²) in [5, 5.41) is 8.80. The number of benzene rings is 1. The Bertz CT molecular complexity index is 1460. The molecule has 0 atom stereocenters. The van der Waals surface area contributed by atoms with Crippen molar-refractivity contribution in [3.05, 3.63) is 84.2 Å². The first-order valence-electron chi connectivity index (χ1n) is 10.7. The minimum atomic E-state index is -3.46. The molecule has 3 N–H and O–H groups in total. The molecule has 0 aliphatic carbocycles. The normalized spacial score (nSPS) is 11.8. The molecule has 1 amide bonds. The van der Waals surface area contributed by atoms with E-state index in [0.717, 1.165) is 17.9 Å². The highest BCUT2D eigenvalue weighted by Gasteiger charge is 2.17. The molecule has 0 saturated carbocycles. The molecule has 2 heterocycles. The zero-order chi connectivity index (χ0) is 27.0. The van der Waals surface area contributed by atoms with Crippen molar-refractivity contribution in [3.8, 4) is 11.1 Å². The van der Waals surface area contributed by atoms with E-state index >= 15 is 0 Å². The van der Waals surface area contributed by atoms with Crippen molar-refractivity contribution in [1.82, 2.24) is 15.4 Å². The zero-order valence-corrected chi connectivity index (χ0v) is 20.8. The van der Waals surface area contributed by atoms with E-state index in [1.165, 1.54) is 42.3 Å². The molecule has 0 fully saturated rings. The summed E-state index contributed by atoms with van der Waals surface area (Å²) in [6.07, 6.45) is 6.95. The molecule has 0 bridgehead atoms. The molecule has 0 saturated heterocycles. The summed E-state index contributed by atoms with van der Waals surface area (Å²) in [4.78, 5) is 29.8. The van der Waals surface area contributed by atoms with Gasteiger partial charge >= 0.3 is 0 Å². The van der Waals surface area contributed by atoms with Crippen molar-refractivity contribution in [2.45, 2.75) is 13.5 Å². The van der Waals surface area contributed by atoms with Crippen molar-refractivity contribution in [2.24, 2.45) is 9.98 Å². The molecule has 0 radical (unpaired) electrons. The van der Waals surface area contributed by atoms with Gasteiger partial charge in [-0.15, -0.1) is 0 Å². The molecule has 2 aromatic heterocycles. The minimum Gasteiger partial charge on any atom is -0.310 e. The van der Waals surface area contributed by atoms with Crippen LogP contribution in [0.1, 0.15) is 22.8 Å². The lowest BCUT2D eigenvalue weighted by Crippen LogP contribution is -2.29.